The van der Waals surface area contributed by atoms with Crippen molar-refractivity contribution in [1.82, 2.24) is 4.90 Å². The van der Waals surface area contributed by atoms with Crippen molar-refractivity contribution >= 4 is 0 Å². The maximum atomic E-state index is 2.76. The highest BCUT2D eigenvalue weighted by molar-refractivity contribution is 5.01. The molecule has 3 aliphatic rings. The van der Waals surface area contributed by atoms with Gasteiger partial charge in [-0.05, 0) is 62.9 Å². The first-order valence-electron chi connectivity index (χ1n) is 7.11. The SMILES string of the molecule is C1CCN(C[C@H]2CCCCC23CC3)CC1. The van der Waals surface area contributed by atoms with E-state index in [1.807, 2.05) is 0 Å². The Morgan fingerprint density at radius 2 is 1.67 bits per heavy atom. The van der Waals surface area contributed by atoms with Gasteiger partial charge in [-0.3, -0.25) is 0 Å². The van der Waals surface area contributed by atoms with Crippen LogP contribution in [-0.4, -0.2) is 24.5 Å². The highest BCUT2D eigenvalue weighted by Crippen LogP contribution is 2.59. The molecule has 1 atom stereocenters. The van der Waals surface area contributed by atoms with Gasteiger partial charge in [-0.25, -0.2) is 0 Å². The smallest absolute Gasteiger partial charge is 0.00150 e. The molecule has 0 aromatic rings. The molecular formula is C14H25N. The Morgan fingerprint density at radius 3 is 2.40 bits per heavy atom. The van der Waals surface area contributed by atoms with E-state index in [9.17, 15) is 0 Å². The summed E-state index contributed by atoms with van der Waals surface area (Å²) in [6, 6.07) is 0. The third-order valence-corrected chi connectivity index (χ3v) is 5.16. The highest BCUT2D eigenvalue weighted by atomic mass is 15.1. The summed E-state index contributed by atoms with van der Waals surface area (Å²) in [5, 5.41) is 0. The quantitative estimate of drug-likeness (QED) is 0.670. The molecule has 2 aliphatic carbocycles. The van der Waals surface area contributed by atoms with Gasteiger partial charge >= 0.3 is 0 Å². The first-order chi connectivity index (χ1) is 7.39. The molecule has 0 N–H and O–H groups in total. The Morgan fingerprint density at radius 1 is 0.867 bits per heavy atom. The third kappa shape index (κ3) is 2.08. The standard InChI is InChI=1S/C14H25N/c1-4-10-15(11-5-1)12-13-6-2-3-7-14(13)8-9-14/h13H,1-12H2/t13-/m1/s1. The van der Waals surface area contributed by atoms with Gasteiger partial charge in [0.1, 0.15) is 0 Å². The zero-order valence-electron chi connectivity index (χ0n) is 10.0. The molecule has 1 aliphatic heterocycles. The van der Waals surface area contributed by atoms with Crippen LogP contribution >= 0.6 is 0 Å². The Bertz CT molecular complexity index is 213. The number of likely N-dealkylation sites (tertiary alicyclic amines) is 1. The minimum atomic E-state index is 0.857. The average molecular weight is 207 g/mol. The fraction of sp³-hybridized carbons (Fsp3) is 1.00. The summed E-state index contributed by atoms with van der Waals surface area (Å²) in [5.74, 6) is 1.07. The summed E-state index contributed by atoms with van der Waals surface area (Å²) in [4.78, 5) is 2.76. The lowest BCUT2D eigenvalue weighted by Gasteiger charge is -2.37. The van der Waals surface area contributed by atoms with Crippen LogP contribution in [0.5, 0.6) is 0 Å². The largest absolute Gasteiger partial charge is 0.303 e. The molecule has 1 heterocycles. The third-order valence-electron chi connectivity index (χ3n) is 5.16. The molecule has 0 amide bonds. The average Bonchev–Trinajstić information content (AvgIpc) is 3.04. The number of hydrogen-bond acceptors (Lipinski definition) is 1. The summed E-state index contributed by atoms with van der Waals surface area (Å²) < 4.78 is 0. The minimum absolute atomic E-state index is 0.857. The molecule has 3 fully saturated rings. The predicted molar refractivity (Wildman–Crippen MR) is 63.9 cm³/mol. The van der Waals surface area contributed by atoms with Gasteiger partial charge in [-0.1, -0.05) is 19.3 Å². The Hall–Kier alpha value is -0.0400. The van der Waals surface area contributed by atoms with Crippen molar-refractivity contribution in [3.63, 3.8) is 0 Å². The van der Waals surface area contributed by atoms with Crippen LogP contribution < -0.4 is 0 Å². The van der Waals surface area contributed by atoms with Crippen molar-refractivity contribution in [2.24, 2.45) is 11.3 Å². The Kier molecular flexibility index (Phi) is 2.76. The molecule has 15 heavy (non-hydrogen) atoms. The zero-order chi connectivity index (χ0) is 10.1. The van der Waals surface area contributed by atoms with Gasteiger partial charge in [0.05, 0.1) is 0 Å². The van der Waals surface area contributed by atoms with Gasteiger partial charge < -0.3 is 4.90 Å². The van der Waals surface area contributed by atoms with Crippen molar-refractivity contribution in [2.45, 2.75) is 57.8 Å². The number of hydrogen-bond donors (Lipinski definition) is 0. The molecule has 3 rings (SSSR count). The van der Waals surface area contributed by atoms with E-state index < -0.39 is 0 Å². The fourth-order valence-electron chi connectivity index (χ4n) is 3.94. The number of rotatable bonds is 2. The van der Waals surface area contributed by atoms with Crippen LogP contribution in [0.1, 0.15) is 57.8 Å². The van der Waals surface area contributed by atoms with Crippen molar-refractivity contribution in [3.8, 4) is 0 Å². The van der Waals surface area contributed by atoms with Crippen LogP contribution in [0.4, 0.5) is 0 Å². The van der Waals surface area contributed by atoms with E-state index in [0.29, 0.717) is 0 Å². The van der Waals surface area contributed by atoms with E-state index in [-0.39, 0.29) is 0 Å². The molecule has 2 saturated carbocycles. The topological polar surface area (TPSA) is 3.24 Å². The maximum absolute atomic E-state index is 2.76. The lowest BCUT2D eigenvalue weighted by Crippen LogP contribution is -2.38. The molecule has 1 nitrogen and oxygen atoms in total. The van der Waals surface area contributed by atoms with Crippen molar-refractivity contribution in [2.75, 3.05) is 19.6 Å². The molecule has 0 aromatic carbocycles. The lowest BCUT2D eigenvalue weighted by atomic mass is 9.76. The van der Waals surface area contributed by atoms with Crippen molar-refractivity contribution in [1.29, 1.82) is 0 Å². The van der Waals surface area contributed by atoms with E-state index >= 15 is 0 Å². The molecule has 1 spiro atoms. The van der Waals surface area contributed by atoms with Crippen molar-refractivity contribution in [3.05, 3.63) is 0 Å². The van der Waals surface area contributed by atoms with Crippen LogP contribution in [-0.2, 0) is 0 Å². The zero-order valence-corrected chi connectivity index (χ0v) is 10.0. The molecule has 1 heteroatoms. The van der Waals surface area contributed by atoms with Crippen LogP contribution in [0, 0.1) is 11.3 Å². The Labute approximate surface area is 94.2 Å². The first kappa shape index (κ1) is 10.1. The maximum Gasteiger partial charge on any atom is 0.00150 e. The second-order valence-electron chi connectivity index (χ2n) is 6.17. The monoisotopic (exact) mass is 207 g/mol. The second kappa shape index (κ2) is 4.08. The van der Waals surface area contributed by atoms with E-state index in [1.165, 1.54) is 58.2 Å². The first-order valence-corrected chi connectivity index (χ1v) is 7.11. The van der Waals surface area contributed by atoms with Gasteiger partial charge in [0, 0.05) is 6.54 Å². The lowest BCUT2D eigenvalue weighted by molar-refractivity contribution is 0.122. The predicted octanol–water partition coefficient (Wildman–Crippen LogP) is 3.44. The minimum Gasteiger partial charge on any atom is -0.303 e. The molecule has 0 aromatic heterocycles. The number of nitrogens with zero attached hydrogens (tertiary/aromatic N) is 1. The summed E-state index contributed by atoms with van der Waals surface area (Å²) in [7, 11) is 0. The van der Waals surface area contributed by atoms with Gasteiger partial charge in [0.15, 0.2) is 0 Å². The Balaban J connectivity index is 1.56. The van der Waals surface area contributed by atoms with E-state index in [1.54, 1.807) is 19.3 Å². The van der Waals surface area contributed by atoms with Gasteiger partial charge in [0.25, 0.3) is 0 Å². The van der Waals surface area contributed by atoms with Crippen LogP contribution in [0.2, 0.25) is 0 Å². The van der Waals surface area contributed by atoms with Gasteiger partial charge in [0.2, 0.25) is 0 Å². The van der Waals surface area contributed by atoms with E-state index in [2.05, 4.69) is 4.90 Å². The van der Waals surface area contributed by atoms with E-state index in [4.69, 9.17) is 0 Å². The van der Waals surface area contributed by atoms with Gasteiger partial charge in [-0.15, -0.1) is 0 Å². The molecular weight excluding hydrogens is 182 g/mol. The normalized spacial score (nSPS) is 35.6. The molecule has 1 saturated heterocycles. The molecule has 0 radical (unpaired) electrons. The number of piperidine rings is 1. The highest BCUT2D eigenvalue weighted by Gasteiger charge is 2.49. The summed E-state index contributed by atoms with van der Waals surface area (Å²) >= 11 is 0. The van der Waals surface area contributed by atoms with Crippen LogP contribution in [0.15, 0.2) is 0 Å². The van der Waals surface area contributed by atoms with Crippen molar-refractivity contribution < 1.29 is 0 Å². The molecule has 0 unspecified atom stereocenters. The summed E-state index contributed by atoms with van der Waals surface area (Å²) in [6.45, 7) is 4.24. The molecule has 0 bridgehead atoms. The molecule has 86 valence electrons. The van der Waals surface area contributed by atoms with E-state index in [0.717, 1.165) is 11.3 Å². The van der Waals surface area contributed by atoms with Crippen LogP contribution in [0.3, 0.4) is 0 Å². The second-order valence-corrected chi connectivity index (χ2v) is 6.17. The summed E-state index contributed by atoms with van der Waals surface area (Å²) in [5.41, 5.74) is 0.857. The van der Waals surface area contributed by atoms with Gasteiger partial charge in [-0.2, -0.15) is 0 Å². The van der Waals surface area contributed by atoms with Crippen LogP contribution in [0.25, 0.3) is 0 Å². The summed E-state index contributed by atoms with van der Waals surface area (Å²) in [6.07, 6.45) is 13.7. The fourth-order valence-corrected chi connectivity index (χ4v) is 3.94.